The fourth-order valence-corrected chi connectivity index (χ4v) is 2.80. The molecule has 1 aromatic carbocycles. The summed E-state index contributed by atoms with van der Waals surface area (Å²) in [4.78, 5) is 21.3. The van der Waals surface area contributed by atoms with Crippen LogP contribution in [-0.4, -0.2) is 41.5 Å². The minimum Gasteiger partial charge on any atom is -0.480 e. The Morgan fingerprint density at radius 3 is 2.29 bits per heavy atom. The van der Waals surface area contributed by atoms with Gasteiger partial charge in [-0.2, -0.15) is 0 Å². The van der Waals surface area contributed by atoms with E-state index < -0.39 is 25.6 Å². The maximum absolute atomic E-state index is 12.3. The number of hydrogen-bond acceptors (Lipinski definition) is 6. The van der Waals surface area contributed by atoms with Crippen molar-refractivity contribution in [3.05, 3.63) is 29.8 Å². The van der Waals surface area contributed by atoms with E-state index >= 15 is 0 Å². The van der Waals surface area contributed by atoms with Gasteiger partial charge < -0.3 is 25.0 Å². The van der Waals surface area contributed by atoms with Crippen LogP contribution in [0.4, 0.5) is 0 Å². The zero-order valence-electron chi connectivity index (χ0n) is 11.3. The standard InChI is InChI=1S/C12H16NO7P/c1-19-21(18,7-6-10(13)12(16)17)20-9-4-2-8(3-5-9)11(14)15/h2-5,10H,6-7,13H2,1H3,(H,14,15)(H,16,17). The van der Waals surface area contributed by atoms with E-state index in [4.69, 9.17) is 25.0 Å². The third-order valence-corrected chi connectivity index (χ3v) is 4.51. The maximum atomic E-state index is 12.3. The van der Waals surface area contributed by atoms with Crippen molar-refractivity contribution in [3.8, 4) is 5.75 Å². The van der Waals surface area contributed by atoms with E-state index in [-0.39, 0.29) is 23.9 Å². The van der Waals surface area contributed by atoms with Gasteiger partial charge in [-0.1, -0.05) is 0 Å². The number of carboxylic acid groups (broad SMARTS) is 2. The highest BCUT2D eigenvalue weighted by atomic mass is 31.2. The van der Waals surface area contributed by atoms with Crippen LogP contribution in [0.2, 0.25) is 0 Å². The first kappa shape index (κ1) is 17.2. The molecule has 2 atom stereocenters. The molecule has 0 saturated heterocycles. The van der Waals surface area contributed by atoms with E-state index in [9.17, 15) is 14.2 Å². The van der Waals surface area contributed by atoms with Crippen molar-refractivity contribution in [2.45, 2.75) is 12.5 Å². The lowest BCUT2D eigenvalue weighted by Crippen LogP contribution is -2.31. The van der Waals surface area contributed by atoms with Gasteiger partial charge in [-0.15, -0.1) is 0 Å². The number of benzene rings is 1. The molecule has 0 amide bonds. The summed E-state index contributed by atoms with van der Waals surface area (Å²) in [6.45, 7) is 0. The molecule has 0 heterocycles. The molecule has 1 rings (SSSR count). The lowest BCUT2D eigenvalue weighted by Gasteiger charge is -2.18. The number of hydrogen-bond donors (Lipinski definition) is 3. The van der Waals surface area contributed by atoms with Crippen molar-refractivity contribution >= 4 is 19.5 Å². The Hall–Kier alpha value is -1.89. The molecule has 0 bridgehead atoms. The Bertz CT molecular complexity index is 557. The van der Waals surface area contributed by atoms with Gasteiger partial charge in [0.2, 0.25) is 0 Å². The number of carboxylic acids is 2. The van der Waals surface area contributed by atoms with E-state index in [1.807, 2.05) is 0 Å². The zero-order chi connectivity index (χ0) is 16.0. The first-order valence-corrected chi connectivity index (χ1v) is 7.66. The molecule has 1 aromatic rings. The van der Waals surface area contributed by atoms with Crippen molar-refractivity contribution in [2.24, 2.45) is 5.73 Å². The topological polar surface area (TPSA) is 136 Å². The Morgan fingerprint density at radius 1 is 1.29 bits per heavy atom. The number of carbonyl (C=O) groups is 2. The van der Waals surface area contributed by atoms with Gasteiger partial charge in [0, 0.05) is 7.11 Å². The van der Waals surface area contributed by atoms with E-state index in [1.165, 1.54) is 31.4 Å². The van der Waals surface area contributed by atoms with Crippen LogP contribution < -0.4 is 10.3 Å². The quantitative estimate of drug-likeness (QED) is 0.612. The highest BCUT2D eigenvalue weighted by Crippen LogP contribution is 2.48. The molecule has 0 spiro atoms. The fourth-order valence-electron chi connectivity index (χ4n) is 1.41. The van der Waals surface area contributed by atoms with Crippen molar-refractivity contribution in [1.82, 2.24) is 0 Å². The smallest absolute Gasteiger partial charge is 0.378 e. The van der Waals surface area contributed by atoms with E-state index in [1.54, 1.807) is 0 Å². The second kappa shape index (κ2) is 7.21. The molecule has 0 fully saturated rings. The second-order valence-corrected chi connectivity index (χ2v) is 6.39. The van der Waals surface area contributed by atoms with E-state index in [2.05, 4.69) is 0 Å². The summed E-state index contributed by atoms with van der Waals surface area (Å²) in [5.41, 5.74) is 5.39. The molecule has 2 unspecified atom stereocenters. The van der Waals surface area contributed by atoms with Crippen LogP contribution in [0.25, 0.3) is 0 Å². The number of rotatable bonds is 8. The van der Waals surface area contributed by atoms with Gasteiger partial charge in [0.1, 0.15) is 11.8 Å². The molecule has 8 nitrogen and oxygen atoms in total. The summed E-state index contributed by atoms with van der Waals surface area (Å²) in [5, 5.41) is 17.4. The van der Waals surface area contributed by atoms with Gasteiger partial charge in [-0.05, 0) is 30.7 Å². The van der Waals surface area contributed by atoms with Gasteiger partial charge in [0.05, 0.1) is 11.7 Å². The monoisotopic (exact) mass is 317 g/mol. The Labute approximate surface area is 121 Å². The van der Waals surface area contributed by atoms with E-state index in [0.29, 0.717) is 0 Å². The van der Waals surface area contributed by atoms with Crippen LogP contribution in [0.3, 0.4) is 0 Å². The number of nitrogens with two attached hydrogens (primary N) is 1. The largest absolute Gasteiger partial charge is 0.480 e. The van der Waals surface area contributed by atoms with Crippen molar-refractivity contribution in [2.75, 3.05) is 13.3 Å². The van der Waals surface area contributed by atoms with Crippen molar-refractivity contribution in [1.29, 1.82) is 0 Å². The van der Waals surface area contributed by atoms with Gasteiger partial charge >= 0.3 is 19.5 Å². The first-order chi connectivity index (χ1) is 9.77. The average Bonchev–Trinajstić information content (AvgIpc) is 2.45. The maximum Gasteiger partial charge on any atom is 0.378 e. The molecular weight excluding hydrogens is 301 g/mol. The molecule has 4 N–H and O–H groups in total. The molecule has 0 aromatic heterocycles. The Morgan fingerprint density at radius 2 is 1.86 bits per heavy atom. The van der Waals surface area contributed by atoms with Crippen LogP contribution in [0.1, 0.15) is 16.8 Å². The molecule has 9 heteroatoms. The van der Waals surface area contributed by atoms with Gasteiger partial charge in [0.25, 0.3) is 0 Å². The van der Waals surface area contributed by atoms with Gasteiger partial charge in [0.15, 0.2) is 0 Å². The van der Waals surface area contributed by atoms with Crippen LogP contribution in [0.5, 0.6) is 5.75 Å². The molecule has 0 aliphatic carbocycles. The zero-order valence-corrected chi connectivity index (χ0v) is 12.2. The summed E-state index contributed by atoms with van der Waals surface area (Å²) in [6.07, 6.45) is -0.245. The fraction of sp³-hybridized carbons (Fsp3) is 0.333. The van der Waals surface area contributed by atoms with Crippen molar-refractivity contribution in [3.63, 3.8) is 0 Å². The molecule has 0 radical (unpaired) electrons. The minimum absolute atomic E-state index is 0.0579. The Kier molecular flexibility index (Phi) is 5.90. The molecular formula is C12H16NO7P. The van der Waals surface area contributed by atoms with Crippen LogP contribution in [0, 0.1) is 0 Å². The predicted octanol–water partition coefficient (Wildman–Crippen LogP) is 1.41. The SMILES string of the molecule is COP(=O)(CCC(N)C(=O)O)Oc1ccc(C(=O)O)cc1. The number of aromatic carboxylic acids is 1. The minimum atomic E-state index is -3.55. The predicted molar refractivity (Wildman–Crippen MR) is 73.7 cm³/mol. The molecule has 0 aliphatic heterocycles. The lowest BCUT2D eigenvalue weighted by molar-refractivity contribution is -0.138. The number of aliphatic carboxylic acids is 1. The molecule has 0 saturated carbocycles. The van der Waals surface area contributed by atoms with Crippen LogP contribution in [-0.2, 0) is 13.9 Å². The normalized spacial score (nSPS) is 15.0. The molecule has 21 heavy (non-hydrogen) atoms. The summed E-state index contributed by atoms with van der Waals surface area (Å²) in [5.74, 6) is -2.14. The summed E-state index contributed by atoms with van der Waals surface area (Å²) < 4.78 is 22.3. The van der Waals surface area contributed by atoms with Gasteiger partial charge in [-0.3, -0.25) is 4.79 Å². The first-order valence-electron chi connectivity index (χ1n) is 5.93. The lowest BCUT2D eigenvalue weighted by atomic mass is 10.2. The molecule has 116 valence electrons. The summed E-state index contributed by atoms with van der Waals surface area (Å²) in [7, 11) is -2.37. The highest BCUT2D eigenvalue weighted by molar-refractivity contribution is 7.54. The van der Waals surface area contributed by atoms with Gasteiger partial charge in [-0.25, -0.2) is 9.36 Å². The third kappa shape index (κ3) is 5.18. The third-order valence-electron chi connectivity index (χ3n) is 2.66. The van der Waals surface area contributed by atoms with Crippen LogP contribution in [0.15, 0.2) is 24.3 Å². The summed E-state index contributed by atoms with van der Waals surface area (Å²) >= 11 is 0. The van der Waals surface area contributed by atoms with Crippen LogP contribution >= 0.6 is 7.60 Å². The second-order valence-electron chi connectivity index (χ2n) is 4.17. The van der Waals surface area contributed by atoms with E-state index in [0.717, 1.165) is 0 Å². The average molecular weight is 317 g/mol. The van der Waals surface area contributed by atoms with Crippen molar-refractivity contribution < 1.29 is 33.4 Å². The Balaban J connectivity index is 2.73. The molecule has 0 aliphatic rings. The summed E-state index contributed by atoms with van der Waals surface area (Å²) in [6, 6.07) is 4.10. The highest BCUT2D eigenvalue weighted by Gasteiger charge is 2.27.